The SMILES string of the molecule is C#CC(C)NC(CN)c1cncn1CC. The summed E-state index contributed by atoms with van der Waals surface area (Å²) >= 11 is 0. The molecule has 0 spiro atoms. The van der Waals surface area contributed by atoms with Crippen molar-refractivity contribution in [2.24, 2.45) is 5.73 Å². The van der Waals surface area contributed by atoms with Crippen LogP contribution in [0.5, 0.6) is 0 Å². The highest BCUT2D eigenvalue weighted by Crippen LogP contribution is 2.11. The van der Waals surface area contributed by atoms with Gasteiger partial charge in [-0.05, 0) is 13.8 Å². The van der Waals surface area contributed by atoms with Crippen molar-refractivity contribution in [3.8, 4) is 12.3 Å². The van der Waals surface area contributed by atoms with Crippen molar-refractivity contribution in [2.45, 2.75) is 32.5 Å². The first kappa shape index (κ1) is 11.8. The molecule has 1 heterocycles. The molecule has 2 atom stereocenters. The van der Waals surface area contributed by atoms with Crippen LogP contribution in [0.3, 0.4) is 0 Å². The van der Waals surface area contributed by atoms with Gasteiger partial charge >= 0.3 is 0 Å². The molecule has 4 heteroatoms. The van der Waals surface area contributed by atoms with Crippen molar-refractivity contribution in [1.82, 2.24) is 14.9 Å². The maximum Gasteiger partial charge on any atom is 0.0948 e. The highest BCUT2D eigenvalue weighted by Gasteiger charge is 2.14. The van der Waals surface area contributed by atoms with E-state index in [1.807, 2.05) is 13.1 Å². The van der Waals surface area contributed by atoms with Gasteiger partial charge in [-0.25, -0.2) is 4.98 Å². The van der Waals surface area contributed by atoms with Gasteiger partial charge in [0, 0.05) is 19.3 Å². The third kappa shape index (κ3) is 2.82. The summed E-state index contributed by atoms with van der Waals surface area (Å²) < 4.78 is 2.06. The van der Waals surface area contributed by atoms with Crippen LogP contribution in [0.15, 0.2) is 12.5 Å². The normalized spacial score (nSPS) is 14.5. The molecule has 0 saturated carbocycles. The second kappa shape index (κ2) is 5.54. The van der Waals surface area contributed by atoms with Crippen molar-refractivity contribution in [3.63, 3.8) is 0 Å². The summed E-state index contributed by atoms with van der Waals surface area (Å²) in [6.45, 7) is 5.41. The van der Waals surface area contributed by atoms with Crippen LogP contribution in [-0.2, 0) is 6.54 Å². The van der Waals surface area contributed by atoms with E-state index in [9.17, 15) is 0 Å². The molecule has 0 aliphatic rings. The van der Waals surface area contributed by atoms with Crippen molar-refractivity contribution in [1.29, 1.82) is 0 Å². The summed E-state index contributed by atoms with van der Waals surface area (Å²) in [6, 6.07) is 0.0808. The van der Waals surface area contributed by atoms with E-state index in [1.54, 1.807) is 6.33 Å². The lowest BCUT2D eigenvalue weighted by Gasteiger charge is -2.20. The van der Waals surface area contributed by atoms with Crippen molar-refractivity contribution in [2.75, 3.05) is 6.54 Å². The second-order valence-electron chi connectivity index (χ2n) is 3.45. The van der Waals surface area contributed by atoms with Gasteiger partial charge in [0.25, 0.3) is 0 Å². The number of aromatic nitrogens is 2. The van der Waals surface area contributed by atoms with Crippen LogP contribution in [0.1, 0.15) is 25.6 Å². The molecule has 0 aliphatic heterocycles. The molecular formula is C11H18N4. The fraction of sp³-hybridized carbons (Fsp3) is 0.545. The molecule has 4 nitrogen and oxygen atoms in total. The average Bonchev–Trinajstić information content (AvgIpc) is 2.73. The minimum atomic E-state index is 0.0127. The number of imidazole rings is 1. The Hall–Kier alpha value is -1.31. The van der Waals surface area contributed by atoms with Gasteiger partial charge in [-0.2, -0.15) is 0 Å². The zero-order valence-electron chi connectivity index (χ0n) is 9.27. The van der Waals surface area contributed by atoms with Gasteiger partial charge in [0.2, 0.25) is 0 Å². The van der Waals surface area contributed by atoms with E-state index in [0.29, 0.717) is 6.54 Å². The maximum absolute atomic E-state index is 5.72. The molecule has 1 aromatic heterocycles. The topological polar surface area (TPSA) is 55.9 Å². The molecule has 0 amide bonds. The monoisotopic (exact) mass is 206 g/mol. The van der Waals surface area contributed by atoms with Crippen LogP contribution < -0.4 is 11.1 Å². The largest absolute Gasteiger partial charge is 0.333 e. The standard InChI is InChI=1S/C11H18N4/c1-4-9(3)14-10(6-12)11-7-13-8-15(11)5-2/h1,7-10,14H,5-6,12H2,2-3H3. The van der Waals surface area contributed by atoms with Gasteiger partial charge in [0.1, 0.15) is 0 Å². The molecule has 0 bridgehead atoms. The fourth-order valence-corrected chi connectivity index (χ4v) is 1.51. The first-order valence-corrected chi connectivity index (χ1v) is 5.15. The van der Waals surface area contributed by atoms with E-state index in [-0.39, 0.29) is 12.1 Å². The first-order valence-electron chi connectivity index (χ1n) is 5.15. The number of nitrogens with zero attached hydrogens (tertiary/aromatic N) is 2. The van der Waals surface area contributed by atoms with Gasteiger partial charge < -0.3 is 10.3 Å². The number of terminal acetylenes is 1. The molecular weight excluding hydrogens is 188 g/mol. The minimum absolute atomic E-state index is 0.0127. The van der Waals surface area contributed by atoms with Crippen LogP contribution in [0.4, 0.5) is 0 Å². The first-order chi connectivity index (χ1) is 7.22. The highest BCUT2D eigenvalue weighted by molar-refractivity contribution is 5.08. The molecule has 2 unspecified atom stereocenters. The molecule has 1 aromatic rings. The van der Waals surface area contributed by atoms with Gasteiger partial charge in [-0.1, -0.05) is 5.92 Å². The van der Waals surface area contributed by atoms with Crippen LogP contribution in [0, 0.1) is 12.3 Å². The van der Waals surface area contributed by atoms with Crippen LogP contribution in [-0.4, -0.2) is 22.1 Å². The summed E-state index contributed by atoms with van der Waals surface area (Å²) in [5.41, 5.74) is 6.80. The third-order valence-corrected chi connectivity index (χ3v) is 2.38. The van der Waals surface area contributed by atoms with Gasteiger partial charge in [-0.15, -0.1) is 6.42 Å². The lowest BCUT2D eigenvalue weighted by atomic mass is 10.2. The summed E-state index contributed by atoms with van der Waals surface area (Å²) in [4.78, 5) is 4.11. The molecule has 82 valence electrons. The highest BCUT2D eigenvalue weighted by atomic mass is 15.1. The Labute approximate surface area is 90.9 Å². The van der Waals surface area contributed by atoms with Crippen molar-refractivity contribution >= 4 is 0 Å². The number of aryl methyl sites for hydroxylation is 1. The fourth-order valence-electron chi connectivity index (χ4n) is 1.51. The third-order valence-electron chi connectivity index (χ3n) is 2.38. The Morgan fingerprint density at radius 2 is 2.47 bits per heavy atom. The van der Waals surface area contributed by atoms with Gasteiger partial charge in [-0.3, -0.25) is 5.32 Å². The second-order valence-corrected chi connectivity index (χ2v) is 3.45. The Morgan fingerprint density at radius 1 is 1.73 bits per heavy atom. The lowest BCUT2D eigenvalue weighted by Crippen LogP contribution is -2.35. The Kier molecular flexibility index (Phi) is 4.35. The Balaban J connectivity index is 2.79. The number of nitrogens with one attached hydrogen (secondary N) is 1. The van der Waals surface area contributed by atoms with E-state index in [0.717, 1.165) is 12.2 Å². The quantitative estimate of drug-likeness (QED) is 0.690. The van der Waals surface area contributed by atoms with Crippen LogP contribution >= 0.6 is 0 Å². The number of nitrogens with two attached hydrogens (primary N) is 1. The van der Waals surface area contributed by atoms with E-state index < -0.39 is 0 Å². The molecule has 0 aliphatic carbocycles. The smallest absolute Gasteiger partial charge is 0.0948 e. The zero-order valence-corrected chi connectivity index (χ0v) is 9.27. The number of hydrogen-bond donors (Lipinski definition) is 2. The minimum Gasteiger partial charge on any atom is -0.333 e. The molecule has 0 fully saturated rings. The molecule has 0 saturated heterocycles. The predicted octanol–water partition coefficient (Wildman–Crippen LogP) is 0.514. The Bertz CT molecular complexity index is 337. The summed E-state index contributed by atoms with van der Waals surface area (Å²) in [6.07, 6.45) is 8.96. The zero-order chi connectivity index (χ0) is 11.3. The number of rotatable bonds is 5. The Morgan fingerprint density at radius 3 is 3.00 bits per heavy atom. The average molecular weight is 206 g/mol. The summed E-state index contributed by atoms with van der Waals surface area (Å²) in [5, 5.41) is 3.27. The van der Waals surface area contributed by atoms with Crippen molar-refractivity contribution < 1.29 is 0 Å². The van der Waals surface area contributed by atoms with E-state index in [2.05, 4.69) is 27.7 Å². The van der Waals surface area contributed by atoms with E-state index >= 15 is 0 Å². The summed E-state index contributed by atoms with van der Waals surface area (Å²) in [5.74, 6) is 2.63. The van der Waals surface area contributed by atoms with Crippen molar-refractivity contribution in [3.05, 3.63) is 18.2 Å². The molecule has 0 radical (unpaired) electrons. The summed E-state index contributed by atoms with van der Waals surface area (Å²) in [7, 11) is 0. The van der Waals surface area contributed by atoms with Crippen LogP contribution in [0.25, 0.3) is 0 Å². The number of hydrogen-bond acceptors (Lipinski definition) is 3. The molecule has 1 rings (SSSR count). The van der Waals surface area contributed by atoms with Crippen LogP contribution in [0.2, 0.25) is 0 Å². The predicted molar refractivity (Wildman–Crippen MR) is 61.1 cm³/mol. The van der Waals surface area contributed by atoms with E-state index in [1.165, 1.54) is 0 Å². The van der Waals surface area contributed by atoms with Gasteiger partial charge in [0.15, 0.2) is 0 Å². The molecule has 15 heavy (non-hydrogen) atoms. The van der Waals surface area contributed by atoms with E-state index in [4.69, 9.17) is 12.2 Å². The lowest BCUT2D eigenvalue weighted by molar-refractivity contribution is 0.487. The molecule has 0 aromatic carbocycles. The molecule has 3 N–H and O–H groups in total. The maximum atomic E-state index is 5.72. The van der Waals surface area contributed by atoms with Gasteiger partial charge in [0.05, 0.1) is 24.1 Å².